The molecule has 0 radical (unpaired) electrons. The van der Waals surface area contributed by atoms with E-state index in [9.17, 15) is 9.90 Å². The fourth-order valence-electron chi connectivity index (χ4n) is 2.55. The predicted octanol–water partition coefficient (Wildman–Crippen LogP) is 1.44. The van der Waals surface area contributed by atoms with E-state index in [0.717, 1.165) is 29.3 Å². The Morgan fingerprint density at radius 2 is 1.62 bits per heavy atom. The highest BCUT2D eigenvalue weighted by atomic mass is 16.5. The molecule has 140 valence electrons. The third-order valence-corrected chi connectivity index (χ3v) is 4.08. The monoisotopic (exact) mass is 356 g/mol. The van der Waals surface area contributed by atoms with Crippen molar-refractivity contribution in [3.8, 4) is 5.75 Å². The summed E-state index contributed by atoms with van der Waals surface area (Å²) in [5.41, 5.74) is 14.2. The third-order valence-electron chi connectivity index (χ3n) is 4.08. The van der Waals surface area contributed by atoms with Crippen LogP contribution in [0.5, 0.6) is 5.75 Å². The van der Waals surface area contributed by atoms with Gasteiger partial charge in [-0.05, 0) is 49.4 Å². The van der Waals surface area contributed by atoms with Crippen LogP contribution in [0.4, 0.5) is 0 Å². The van der Waals surface area contributed by atoms with Crippen LogP contribution >= 0.6 is 0 Å². The highest BCUT2D eigenvalue weighted by Crippen LogP contribution is 2.07. The molecule has 0 amide bonds. The van der Waals surface area contributed by atoms with Gasteiger partial charge in [0.1, 0.15) is 11.8 Å². The van der Waals surface area contributed by atoms with Crippen LogP contribution in [0.2, 0.25) is 0 Å². The minimum absolute atomic E-state index is 0. The van der Waals surface area contributed by atoms with E-state index in [-0.39, 0.29) is 13.2 Å². The van der Waals surface area contributed by atoms with Gasteiger partial charge >= 0.3 is 12.9 Å². The molecule has 5 nitrogen and oxygen atoms in total. The molecule has 0 aliphatic carbocycles. The number of phenols is 1. The van der Waals surface area contributed by atoms with Gasteiger partial charge in [-0.3, -0.25) is 4.79 Å². The molecule has 26 heavy (non-hydrogen) atoms. The Morgan fingerprint density at radius 3 is 2.15 bits per heavy atom. The third kappa shape index (κ3) is 6.21. The first-order valence-electron chi connectivity index (χ1n) is 8.53. The van der Waals surface area contributed by atoms with Gasteiger partial charge in [-0.15, -0.1) is 0 Å². The Morgan fingerprint density at radius 1 is 1.08 bits per heavy atom. The molecule has 0 aromatic heterocycles. The summed E-state index contributed by atoms with van der Waals surface area (Å²) in [5, 5.41) is 9.50. The van der Waals surface area contributed by atoms with Crippen molar-refractivity contribution in [2.24, 2.45) is 11.5 Å². The lowest BCUT2D eigenvalue weighted by atomic mass is 9.55. The topological polar surface area (TPSA) is 98.6 Å². The van der Waals surface area contributed by atoms with E-state index in [0.29, 0.717) is 13.0 Å². The molecule has 0 heterocycles. The molecule has 0 bridgehead atoms. The Bertz CT molecular complexity index is 629. The second-order valence-electron chi connectivity index (χ2n) is 6.21. The second-order valence-corrected chi connectivity index (χ2v) is 6.21. The van der Waals surface area contributed by atoms with Crippen LogP contribution in [-0.4, -0.2) is 30.6 Å². The van der Waals surface area contributed by atoms with Crippen LogP contribution < -0.4 is 22.4 Å². The first kappa shape index (κ1) is 21.7. The molecular weight excluding hydrogens is 327 g/mol. The summed E-state index contributed by atoms with van der Waals surface area (Å²) in [6.45, 7) is 2.02. The maximum absolute atomic E-state index is 12.4. The second kappa shape index (κ2) is 10.6. The number of aromatic hydroxyl groups is 1. The molecule has 0 fully saturated rings. The quantitative estimate of drug-likeness (QED) is 0.491. The fraction of sp³-hybridized carbons (Fsp3) is 0.350. The minimum atomic E-state index is -0.670. The number of nitrogens with two attached hydrogens (primary N) is 2. The highest BCUT2D eigenvalue weighted by molar-refractivity contribution is 6.81. The molecule has 2 rings (SSSR count). The van der Waals surface area contributed by atoms with E-state index in [2.05, 4.69) is 0 Å². The lowest BCUT2D eigenvalue weighted by molar-refractivity contribution is -0.136. The van der Waals surface area contributed by atoms with Crippen LogP contribution in [0.3, 0.4) is 0 Å². The van der Waals surface area contributed by atoms with Gasteiger partial charge in [-0.25, -0.2) is 0 Å². The molecule has 6 heteroatoms. The first-order valence-corrected chi connectivity index (χ1v) is 8.53. The molecule has 2 aromatic carbocycles. The summed E-state index contributed by atoms with van der Waals surface area (Å²) in [5.74, 6) is -0.271. The summed E-state index contributed by atoms with van der Waals surface area (Å²) in [7, 11) is 0. The number of rotatable bonds is 8. The molecule has 0 aliphatic rings. The standard InChI is InChI=1S/C19H25BN2O3.CH4/c1-14-5-7-15(8-6-14)20(16-9-11-17(23)12-10-16)25-19(24)18(22)4-2-3-13-21;/h5-12,18,23H,2-4,13,21-22H2,1H3;1H4. The van der Waals surface area contributed by atoms with Gasteiger partial charge in [0.2, 0.25) is 0 Å². The highest BCUT2D eigenvalue weighted by Gasteiger charge is 2.28. The van der Waals surface area contributed by atoms with Gasteiger partial charge < -0.3 is 21.2 Å². The summed E-state index contributed by atoms with van der Waals surface area (Å²) < 4.78 is 5.72. The van der Waals surface area contributed by atoms with E-state index < -0.39 is 18.9 Å². The Kier molecular flexibility index (Phi) is 8.89. The molecule has 1 atom stereocenters. The zero-order valence-electron chi connectivity index (χ0n) is 14.5. The number of carbonyl (C=O) groups is 1. The average Bonchev–Trinajstić information content (AvgIpc) is 2.61. The number of carbonyl (C=O) groups excluding carboxylic acids is 1. The molecule has 0 saturated heterocycles. The maximum Gasteiger partial charge on any atom is 0.429 e. The number of phenolic OH excluding ortho intramolecular Hbond substituents is 1. The van der Waals surface area contributed by atoms with E-state index in [1.54, 1.807) is 24.3 Å². The van der Waals surface area contributed by atoms with Gasteiger partial charge in [0.05, 0.1) is 0 Å². The average molecular weight is 356 g/mol. The Balaban J connectivity index is 0.00000338. The smallest absolute Gasteiger partial charge is 0.429 e. The van der Waals surface area contributed by atoms with Gasteiger partial charge in [-0.1, -0.05) is 55.8 Å². The molecule has 5 N–H and O–H groups in total. The molecule has 2 aromatic rings. The molecule has 0 saturated carbocycles. The summed E-state index contributed by atoms with van der Waals surface area (Å²) >= 11 is 0. The lowest BCUT2D eigenvalue weighted by Crippen LogP contribution is -2.49. The first-order chi connectivity index (χ1) is 12.0. The van der Waals surface area contributed by atoms with Crippen LogP contribution in [0.25, 0.3) is 0 Å². The van der Waals surface area contributed by atoms with E-state index in [1.807, 2.05) is 31.2 Å². The molecule has 1 unspecified atom stereocenters. The van der Waals surface area contributed by atoms with Gasteiger partial charge in [0, 0.05) is 0 Å². The van der Waals surface area contributed by atoms with E-state index in [1.165, 1.54) is 0 Å². The maximum atomic E-state index is 12.4. The van der Waals surface area contributed by atoms with Crippen molar-refractivity contribution in [1.29, 1.82) is 0 Å². The fourth-order valence-corrected chi connectivity index (χ4v) is 2.55. The molecule has 0 aliphatic heterocycles. The minimum Gasteiger partial charge on any atom is -0.525 e. The molecule has 0 spiro atoms. The number of benzene rings is 2. The SMILES string of the molecule is C.Cc1ccc(B(OC(=O)C(N)CCCCN)c2ccc(O)cc2)cc1. The van der Waals surface area contributed by atoms with Crippen molar-refractivity contribution in [3.63, 3.8) is 0 Å². The number of hydrogen-bond acceptors (Lipinski definition) is 5. The van der Waals surface area contributed by atoms with Crippen LogP contribution in [0.1, 0.15) is 32.3 Å². The van der Waals surface area contributed by atoms with Crippen molar-refractivity contribution in [1.82, 2.24) is 0 Å². The number of unbranched alkanes of at least 4 members (excludes halogenated alkanes) is 1. The Labute approximate surface area is 156 Å². The number of hydrogen-bond donors (Lipinski definition) is 3. The van der Waals surface area contributed by atoms with Crippen LogP contribution in [0, 0.1) is 6.92 Å². The van der Waals surface area contributed by atoms with E-state index >= 15 is 0 Å². The van der Waals surface area contributed by atoms with Crippen molar-refractivity contribution in [2.75, 3.05) is 6.54 Å². The zero-order chi connectivity index (χ0) is 18.2. The van der Waals surface area contributed by atoms with Crippen molar-refractivity contribution < 1.29 is 14.6 Å². The Hall–Kier alpha value is -2.31. The van der Waals surface area contributed by atoms with Crippen molar-refractivity contribution in [3.05, 3.63) is 54.1 Å². The predicted molar refractivity (Wildman–Crippen MR) is 108 cm³/mol. The van der Waals surface area contributed by atoms with Gasteiger partial charge in [-0.2, -0.15) is 0 Å². The zero-order valence-corrected chi connectivity index (χ0v) is 14.5. The van der Waals surface area contributed by atoms with Crippen LogP contribution in [0.15, 0.2) is 48.5 Å². The van der Waals surface area contributed by atoms with Crippen molar-refractivity contribution >= 4 is 23.8 Å². The normalized spacial score (nSPS) is 11.3. The van der Waals surface area contributed by atoms with Gasteiger partial charge in [0.15, 0.2) is 0 Å². The van der Waals surface area contributed by atoms with Gasteiger partial charge in [0.25, 0.3) is 0 Å². The molecular formula is C20H29BN2O3. The van der Waals surface area contributed by atoms with E-state index in [4.69, 9.17) is 16.1 Å². The van der Waals surface area contributed by atoms with Crippen molar-refractivity contribution in [2.45, 2.75) is 39.7 Å². The summed E-state index contributed by atoms with van der Waals surface area (Å²) in [6, 6.07) is 13.8. The summed E-state index contributed by atoms with van der Waals surface area (Å²) in [4.78, 5) is 12.4. The van der Waals surface area contributed by atoms with Crippen LogP contribution in [-0.2, 0) is 9.45 Å². The lowest BCUT2D eigenvalue weighted by Gasteiger charge is -2.18. The summed E-state index contributed by atoms with van der Waals surface area (Å²) in [6.07, 6.45) is 2.17. The largest absolute Gasteiger partial charge is 0.525 e. The number of aryl methyl sites for hydroxylation is 1.